The number of carbonyl (C=O) groups excluding carboxylic acids is 1. The third-order valence-corrected chi connectivity index (χ3v) is 2.76. The van der Waals surface area contributed by atoms with Gasteiger partial charge in [-0.25, -0.2) is 8.78 Å². The van der Waals surface area contributed by atoms with Gasteiger partial charge in [0.15, 0.2) is 0 Å². The summed E-state index contributed by atoms with van der Waals surface area (Å²) < 4.78 is 26.7. The van der Waals surface area contributed by atoms with Crippen LogP contribution in [0.2, 0.25) is 0 Å². The zero-order valence-corrected chi connectivity index (χ0v) is 9.73. The zero-order chi connectivity index (χ0) is 12.1. The Kier molecular flexibility index (Phi) is 4.87. The van der Waals surface area contributed by atoms with Gasteiger partial charge in [-0.2, -0.15) is 0 Å². The third kappa shape index (κ3) is 3.27. The van der Waals surface area contributed by atoms with E-state index in [0.717, 1.165) is 0 Å². The SMILES string of the molecule is CC(=O)C(CCCl)Cc1c(F)cccc1F. The average molecular weight is 247 g/mol. The van der Waals surface area contributed by atoms with Crippen molar-refractivity contribution in [3.05, 3.63) is 35.4 Å². The highest BCUT2D eigenvalue weighted by molar-refractivity contribution is 6.18. The number of carbonyl (C=O) groups is 1. The first-order chi connectivity index (χ1) is 7.56. The number of alkyl halides is 1. The van der Waals surface area contributed by atoms with E-state index in [0.29, 0.717) is 12.3 Å². The van der Waals surface area contributed by atoms with Gasteiger partial charge in [0.05, 0.1) is 0 Å². The molecule has 1 aromatic carbocycles. The summed E-state index contributed by atoms with van der Waals surface area (Å²) in [5.74, 6) is -1.42. The summed E-state index contributed by atoms with van der Waals surface area (Å²) in [5.41, 5.74) is -0.0344. The number of halogens is 3. The van der Waals surface area contributed by atoms with Crippen molar-refractivity contribution in [2.24, 2.45) is 5.92 Å². The first kappa shape index (κ1) is 13.1. The average Bonchev–Trinajstić information content (AvgIpc) is 2.21. The van der Waals surface area contributed by atoms with E-state index >= 15 is 0 Å². The number of Topliss-reactive ketones (excluding diaryl/α,β-unsaturated/α-hetero) is 1. The van der Waals surface area contributed by atoms with Crippen LogP contribution in [-0.4, -0.2) is 11.7 Å². The van der Waals surface area contributed by atoms with Crippen molar-refractivity contribution >= 4 is 17.4 Å². The van der Waals surface area contributed by atoms with Gasteiger partial charge in [-0.15, -0.1) is 11.6 Å². The van der Waals surface area contributed by atoms with Gasteiger partial charge in [-0.05, 0) is 31.9 Å². The maximum absolute atomic E-state index is 13.3. The summed E-state index contributed by atoms with van der Waals surface area (Å²) in [6, 6.07) is 3.69. The molecule has 88 valence electrons. The van der Waals surface area contributed by atoms with E-state index in [1.807, 2.05) is 0 Å². The van der Waals surface area contributed by atoms with Crippen LogP contribution >= 0.6 is 11.6 Å². The minimum atomic E-state index is -0.610. The molecule has 1 unspecified atom stereocenters. The maximum Gasteiger partial charge on any atom is 0.133 e. The Balaban J connectivity index is 2.89. The first-order valence-corrected chi connectivity index (χ1v) is 5.59. The predicted molar refractivity (Wildman–Crippen MR) is 59.6 cm³/mol. The number of benzene rings is 1. The molecule has 0 amide bonds. The molecule has 0 spiro atoms. The summed E-state index contributed by atoms with van der Waals surface area (Å²) in [7, 11) is 0. The van der Waals surface area contributed by atoms with Crippen LogP contribution in [0.15, 0.2) is 18.2 Å². The molecule has 0 aliphatic carbocycles. The van der Waals surface area contributed by atoms with Crippen molar-refractivity contribution in [3.8, 4) is 0 Å². The van der Waals surface area contributed by atoms with Crippen LogP contribution in [0.3, 0.4) is 0 Å². The summed E-state index contributed by atoms with van der Waals surface area (Å²) in [4.78, 5) is 11.3. The molecule has 0 saturated carbocycles. The highest BCUT2D eigenvalue weighted by Crippen LogP contribution is 2.19. The van der Waals surface area contributed by atoms with E-state index in [-0.39, 0.29) is 17.8 Å². The fourth-order valence-corrected chi connectivity index (χ4v) is 1.82. The number of hydrogen-bond acceptors (Lipinski definition) is 1. The third-order valence-electron chi connectivity index (χ3n) is 2.54. The molecule has 0 heterocycles. The van der Waals surface area contributed by atoms with E-state index in [9.17, 15) is 13.6 Å². The van der Waals surface area contributed by atoms with Gasteiger partial charge in [-0.1, -0.05) is 6.07 Å². The Bertz CT molecular complexity index is 359. The van der Waals surface area contributed by atoms with Gasteiger partial charge in [-0.3, -0.25) is 4.79 Å². The van der Waals surface area contributed by atoms with Gasteiger partial charge in [0.2, 0.25) is 0 Å². The van der Waals surface area contributed by atoms with E-state index in [4.69, 9.17) is 11.6 Å². The minimum Gasteiger partial charge on any atom is -0.300 e. The zero-order valence-electron chi connectivity index (χ0n) is 8.97. The summed E-state index contributed by atoms with van der Waals surface area (Å²) in [6.07, 6.45) is 0.505. The second kappa shape index (κ2) is 5.94. The standard InChI is InChI=1S/C12H13ClF2O/c1-8(16)9(5-6-13)7-10-11(14)3-2-4-12(10)15/h2-4,9H,5-7H2,1H3. The molecular weight excluding hydrogens is 234 g/mol. The smallest absolute Gasteiger partial charge is 0.133 e. The van der Waals surface area contributed by atoms with Crippen LogP contribution < -0.4 is 0 Å². The second-order valence-electron chi connectivity index (χ2n) is 3.69. The largest absolute Gasteiger partial charge is 0.300 e. The molecule has 1 rings (SSSR count). The molecule has 16 heavy (non-hydrogen) atoms. The fraction of sp³-hybridized carbons (Fsp3) is 0.417. The minimum absolute atomic E-state index is 0.0344. The molecule has 4 heteroatoms. The van der Waals surface area contributed by atoms with Gasteiger partial charge in [0, 0.05) is 17.4 Å². The monoisotopic (exact) mass is 246 g/mol. The molecule has 0 aliphatic rings. The molecule has 0 aromatic heterocycles. The van der Waals surface area contributed by atoms with Gasteiger partial charge >= 0.3 is 0 Å². The number of ketones is 1. The van der Waals surface area contributed by atoms with Crippen molar-refractivity contribution in [2.45, 2.75) is 19.8 Å². The Morgan fingerprint density at radius 1 is 1.38 bits per heavy atom. The van der Waals surface area contributed by atoms with Gasteiger partial charge in [0.1, 0.15) is 17.4 Å². The molecule has 1 atom stereocenters. The van der Waals surface area contributed by atoms with Crippen molar-refractivity contribution in [3.63, 3.8) is 0 Å². The Labute approximate surface area is 98.4 Å². The molecule has 0 radical (unpaired) electrons. The molecule has 0 N–H and O–H groups in total. The molecule has 0 bridgehead atoms. The van der Waals surface area contributed by atoms with Crippen molar-refractivity contribution in [1.82, 2.24) is 0 Å². The Morgan fingerprint density at radius 3 is 2.38 bits per heavy atom. The molecule has 0 aliphatic heterocycles. The van der Waals surface area contributed by atoms with E-state index in [1.54, 1.807) is 0 Å². The van der Waals surface area contributed by atoms with Crippen LogP contribution in [0.4, 0.5) is 8.78 Å². The second-order valence-corrected chi connectivity index (χ2v) is 4.07. The lowest BCUT2D eigenvalue weighted by molar-refractivity contribution is -0.120. The normalized spacial score (nSPS) is 12.5. The first-order valence-electron chi connectivity index (χ1n) is 5.05. The summed E-state index contributed by atoms with van der Waals surface area (Å²) in [6.45, 7) is 1.41. The lowest BCUT2D eigenvalue weighted by Gasteiger charge is -2.13. The van der Waals surface area contributed by atoms with E-state index in [2.05, 4.69) is 0 Å². The predicted octanol–water partition coefficient (Wildman–Crippen LogP) is 3.34. The molecule has 1 nitrogen and oxygen atoms in total. The Morgan fingerprint density at radius 2 is 1.94 bits per heavy atom. The van der Waals surface area contributed by atoms with Crippen molar-refractivity contribution in [2.75, 3.05) is 5.88 Å². The lowest BCUT2D eigenvalue weighted by atomic mass is 9.93. The number of hydrogen-bond donors (Lipinski definition) is 0. The van der Waals surface area contributed by atoms with Crippen molar-refractivity contribution in [1.29, 1.82) is 0 Å². The summed E-state index contributed by atoms with van der Waals surface area (Å²) in [5, 5.41) is 0. The topological polar surface area (TPSA) is 17.1 Å². The van der Waals surface area contributed by atoms with E-state index < -0.39 is 17.6 Å². The van der Waals surface area contributed by atoms with Crippen LogP contribution in [0, 0.1) is 17.6 Å². The highest BCUT2D eigenvalue weighted by atomic mass is 35.5. The van der Waals surface area contributed by atoms with Crippen LogP contribution in [-0.2, 0) is 11.2 Å². The van der Waals surface area contributed by atoms with Gasteiger partial charge < -0.3 is 0 Å². The lowest BCUT2D eigenvalue weighted by Crippen LogP contribution is -2.16. The maximum atomic E-state index is 13.3. The van der Waals surface area contributed by atoms with Crippen molar-refractivity contribution < 1.29 is 13.6 Å². The quantitative estimate of drug-likeness (QED) is 0.729. The molecule has 0 fully saturated rings. The van der Waals surface area contributed by atoms with Gasteiger partial charge in [0.25, 0.3) is 0 Å². The highest BCUT2D eigenvalue weighted by Gasteiger charge is 2.18. The fourth-order valence-electron chi connectivity index (χ4n) is 1.55. The molecule has 0 saturated heterocycles. The van der Waals surface area contributed by atoms with E-state index in [1.165, 1.54) is 25.1 Å². The molecule has 1 aromatic rings. The van der Waals surface area contributed by atoms with Crippen LogP contribution in [0.1, 0.15) is 18.9 Å². The van der Waals surface area contributed by atoms with Crippen LogP contribution in [0.25, 0.3) is 0 Å². The summed E-state index contributed by atoms with van der Waals surface area (Å²) >= 11 is 5.55. The van der Waals surface area contributed by atoms with Crippen LogP contribution in [0.5, 0.6) is 0 Å². The number of rotatable bonds is 5. The molecular formula is C12H13ClF2O. The Hall–Kier alpha value is -0.960.